The molecule has 7 heteroatoms. The summed E-state index contributed by atoms with van der Waals surface area (Å²) in [5.41, 5.74) is 6.16. The van der Waals surface area contributed by atoms with Crippen LogP contribution in [0, 0.1) is 0 Å². The molecule has 2 aromatic rings. The first-order chi connectivity index (χ1) is 10.6. The minimum absolute atomic E-state index is 0.170. The number of hydrogen-bond donors (Lipinski definition) is 1. The van der Waals surface area contributed by atoms with Crippen LogP contribution in [0.15, 0.2) is 36.5 Å². The maximum atomic E-state index is 11.3. The third-order valence-electron chi connectivity index (χ3n) is 2.54. The highest BCUT2D eigenvalue weighted by Crippen LogP contribution is 2.34. The van der Waals surface area contributed by atoms with Gasteiger partial charge in [-0.1, -0.05) is 11.6 Å². The van der Waals surface area contributed by atoms with Gasteiger partial charge in [0.25, 0.3) is 5.88 Å². The van der Waals surface area contributed by atoms with Crippen molar-refractivity contribution in [3.8, 4) is 17.4 Å². The minimum atomic E-state index is -0.482. The number of benzene rings is 1. The molecule has 1 aromatic heterocycles. The van der Waals surface area contributed by atoms with Crippen LogP contribution in [0.4, 0.5) is 5.69 Å². The standard InChI is InChI=1S/C15H15ClN2O4/c1-2-20-14(19)9-21-15-13(4-3-7-18-15)22-12-6-5-10(17)8-11(12)16/h3-8H,2,9,17H2,1H3. The van der Waals surface area contributed by atoms with Crippen LogP contribution >= 0.6 is 11.6 Å². The van der Waals surface area contributed by atoms with Crippen LogP contribution < -0.4 is 15.2 Å². The predicted molar refractivity (Wildman–Crippen MR) is 82.3 cm³/mol. The van der Waals surface area contributed by atoms with Crippen LogP contribution in [0.1, 0.15) is 6.92 Å². The zero-order valence-electron chi connectivity index (χ0n) is 11.9. The first-order valence-corrected chi connectivity index (χ1v) is 6.94. The molecule has 0 amide bonds. The fourth-order valence-electron chi connectivity index (χ4n) is 1.61. The van der Waals surface area contributed by atoms with E-state index in [1.54, 1.807) is 37.3 Å². The number of aromatic nitrogens is 1. The lowest BCUT2D eigenvalue weighted by Crippen LogP contribution is -2.15. The number of carbonyl (C=O) groups is 1. The van der Waals surface area contributed by atoms with Gasteiger partial charge in [0, 0.05) is 11.9 Å². The monoisotopic (exact) mass is 322 g/mol. The summed E-state index contributed by atoms with van der Waals surface area (Å²) in [5.74, 6) is 0.427. The summed E-state index contributed by atoms with van der Waals surface area (Å²) >= 11 is 6.06. The van der Waals surface area contributed by atoms with Gasteiger partial charge in [0.1, 0.15) is 5.75 Å². The molecule has 0 saturated heterocycles. The second kappa shape index (κ2) is 7.51. The number of hydrogen-bond acceptors (Lipinski definition) is 6. The highest BCUT2D eigenvalue weighted by molar-refractivity contribution is 6.32. The molecule has 22 heavy (non-hydrogen) atoms. The van der Waals surface area contributed by atoms with Crippen molar-refractivity contribution in [2.24, 2.45) is 0 Å². The van der Waals surface area contributed by atoms with Crippen molar-refractivity contribution in [2.45, 2.75) is 6.92 Å². The Kier molecular flexibility index (Phi) is 5.43. The summed E-state index contributed by atoms with van der Waals surface area (Å²) in [7, 11) is 0. The zero-order chi connectivity index (χ0) is 15.9. The number of nitrogen functional groups attached to an aromatic ring is 1. The van der Waals surface area contributed by atoms with Gasteiger partial charge in [-0.15, -0.1) is 0 Å². The van der Waals surface area contributed by atoms with Gasteiger partial charge in [-0.3, -0.25) is 0 Å². The zero-order valence-corrected chi connectivity index (χ0v) is 12.7. The average Bonchev–Trinajstić information content (AvgIpc) is 2.49. The summed E-state index contributed by atoms with van der Waals surface area (Å²) in [6.07, 6.45) is 1.53. The van der Waals surface area contributed by atoms with Crippen molar-refractivity contribution in [1.29, 1.82) is 0 Å². The molecule has 0 spiro atoms. The van der Waals surface area contributed by atoms with Gasteiger partial charge in [-0.25, -0.2) is 9.78 Å². The summed E-state index contributed by atoms with van der Waals surface area (Å²) in [5, 5.41) is 0.361. The number of rotatable bonds is 6. The fourth-order valence-corrected chi connectivity index (χ4v) is 1.84. The molecule has 0 unspecified atom stereocenters. The van der Waals surface area contributed by atoms with Gasteiger partial charge in [0.2, 0.25) is 0 Å². The van der Waals surface area contributed by atoms with Crippen molar-refractivity contribution in [2.75, 3.05) is 18.9 Å². The average molecular weight is 323 g/mol. The SMILES string of the molecule is CCOC(=O)COc1ncccc1Oc1ccc(N)cc1Cl. The molecule has 6 nitrogen and oxygen atoms in total. The summed E-state index contributed by atoms with van der Waals surface area (Å²) in [4.78, 5) is 15.4. The Bertz CT molecular complexity index is 664. The summed E-state index contributed by atoms with van der Waals surface area (Å²) in [6, 6.07) is 8.21. The lowest BCUT2D eigenvalue weighted by Gasteiger charge is -2.12. The molecule has 116 valence electrons. The molecule has 0 aliphatic heterocycles. The van der Waals surface area contributed by atoms with Crippen LogP contribution in [0.2, 0.25) is 5.02 Å². The van der Waals surface area contributed by atoms with E-state index in [0.29, 0.717) is 22.2 Å². The number of esters is 1. The van der Waals surface area contributed by atoms with Crippen molar-refractivity contribution in [3.63, 3.8) is 0 Å². The second-order valence-electron chi connectivity index (χ2n) is 4.19. The lowest BCUT2D eigenvalue weighted by atomic mass is 10.3. The third-order valence-corrected chi connectivity index (χ3v) is 2.84. The Labute approximate surface area is 132 Å². The van der Waals surface area contributed by atoms with Crippen LogP contribution in [0.25, 0.3) is 0 Å². The molecule has 1 aromatic carbocycles. The Hall–Kier alpha value is -2.47. The molecule has 0 fully saturated rings. The molecule has 0 atom stereocenters. The van der Waals surface area contributed by atoms with E-state index in [1.165, 1.54) is 6.20 Å². The topological polar surface area (TPSA) is 83.7 Å². The van der Waals surface area contributed by atoms with Gasteiger partial charge in [-0.05, 0) is 37.3 Å². The highest BCUT2D eigenvalue weighted by atomic mass is 35.5. The number of pyridine rings is 1. The van der Waals surface area contributed by atoms with Crippen LogP contribution in [0.3, 0.4) is 0 Å². The number of halogens is 1. The van der Waals surface area contributed by atoms with Gasteiger partial charge >= 0.3 is 5.97 Å². The predicted octanol–water partition coefficient (Wildman–Crippen LogP) is 3.05. The van der Waals surface area contributed by atoms with Crippen LogP contribution in [0.5, 0.6) is 17.4 Å². The van der Waals surface area contributed by atoms with E-state index in [4.69, 9.17) is 31.5 Å². The highest BCUT2D eigenvalue weighted by Gasteiger charge is 2.12. The smallest absolute Gasteiger partial charge is 0.344 e. The van der Waals surface area contributed by atoms with E-state index >= 15 is 0 Å². The maximum absolute atomic E-state index is 11.3. The van der Waals surface area contributed by atoms with E-state index < -0.39 is 5.97 Å². The van der Waals surface area contributed by atoms with E-state index in [1.807, 2.05) is 0 Å². The van der Waals surface area contributed by atoms with Crippen molar-refractivity contribution in [1.82, 2.24) is 4.98 Å². The van der Waals surface area contributed by atoms with Crippen molar-refractivity contribution in [3.05, 3.63) is 41.6 Å². The first-order valence-electron chi connectivity index (χ1n) is 6.56. The quantitative estimate of drug-likeness (QED) is 0.650. The molecule has 2 rings (SSSR count). The molecule has 1 heterocycles. The maximum Gasteiger partial charge on any atom is 0.344 e. The number of anilines is 1. The molecule has 2 N–H and O–H groups in total. The number of carbonyl (C=O) groups excluding carboxylic acids is 1. The second-order valence-corrected chi connectivity index (χ2v) is 4.60. The molecular formula is C15H15ClN2O4. The van der Waals surface area contributed by atoms with E-state index in [0.717, 1.165) is 0 Å². The largest absolute Gasteiger partial charge is 0.463 e. The van der Waals surface area contributed by atoms with Crippen molar-refractivity contribution < 1.29 is 19.0 Å². The molecule has 0 saturated carbocycles. The van der Waals surface area contributed by atoms with Crippen LogP contribution in [-0.2, 0) is 9.53 Å². The summed E-state index contributed by atoms with van der Waals surface area (Å²) < 4.78 is 15.8. The lowest BCUT2D eigenvalue weighted by molar-refractivity contribution is -0.145. The Morgan fingerprint density at radius 1 is 1.32 bits per heavy atom. The molecule has 0 aliphatic rings. The molecule has 0 bridgehead atoms. The van der Waals surface area contributed by atoms with Crippen molar-refractivity contribution >= 4 is 23.3 Å². The number of nitrogens with zero attached hydrogens (tertiary/aromatic N) is 1. The van der Waals surface area contributed by atoms with Gasteiger partial charge in [0.05, 0.1) is 11.6 Å². The normalized spacial score (nSPS) is 10.1. The Morgan fingerprint density at radius 2 is 2.14 bits per heavy atom. The first kappa shape index (κ1) is 15.9. The number of ether oxygens (including phenoxy) is 3. The summed E-state index contributed by atoms with van der Waals surface area (Å²) in [6.45, 7) is 1.75. The molecule has 0 aliphatic carbocycles. The van der Waals surface area contributed by atoms with E-state index in [-0.39, 0.29) is 19.1 Å². The Balaban J connectivity index is 2.12. The fraction of sp³-hybridized carbons (Fsp3) is 0.200. The third kappa shape index (κ3) is 4.26. The van der Waals surface area contributed by atoms with E-state index in [9.17, 15) is 4.79 Å². The van der Waals surface area contributed by atoms with Gasteiger partial charge in [-0.2, -0.15) is 0 Å². The van der Waals surface area contributed by atoms with Gasteiger partial charge in [0.15, 0.2) is 12.4 Å². The Morgan fingerprint density at radius 3 is 2.86 bits per heavy atom. The molecular weight excluding hydrogens is 308 g/mol. The van der Waals surface area contributed by atoms with Gasteiger partial charge < -0.3 is 19.9 Å². The minimum Gasteiger partial charge on any atom is -0.463 e. The van der Waals surface area contributed by atoms with E-state index in [2.05, 4.69) is 4.98 Å². The van der Waals surface area contributed by atoms with Crippen LogP contribution in [-0.4, -0.2) is 24.2 Å². The number of nitrogens with two attached hydrogens (primary N) is 1. The molecule has 0 radical (unpaired) electrons.